The van der Waals surface area contributed by atoms with Crippen molar-refractivity contribution in [3.8, 4) is 0 Å². The highest BCUT2D eigenvalue weighted by Crippen LogP contribution is 2.33. The molecule has 298 valence electrons. The molecule has 0 aromatic rings. The first kappa shape index (κ1) is 44.3. The third-order valence-corrected chi connectivity index (χ3v) is 11.2. The van der Waals surface area contributed by atoms with Crippen molar-refractivity contribution in [2.75, 3.05) is 84.6 Å². The average molecular weight is 788 g/mol. The first-order valence-corrected chi connectivity index (χ1v) is 20.2. The maximum absolute atomic E-state index is 13.2. The molecule has 0 spiro atoms. The van der Waals surface area contributed by atoms with Gasteiger partial charge >= 0.3 is 0 Å². The van der Waals surface area contributed by atoms with Crippen molar-refractivity contribution in [1.29, 1.82) is 0 Å². The van der Waals surface area contributed by atoms with Gasteiger partial charge in [0.25, 0.3) is 0 Å². The number of nitrogens with zero attached hydrogens (tertiary/aromatic N) is 2. The minimum atomic E-state index is -0.786. The molecule has 0 aliphatic carbocycles. The summed E-state index contributed by atoms with van der Waals surface area (Å²) in [5.74, 6) is -2.50. The van der Waals surface area contributed by atoms with E-state index in [1.54, 1.807) is 7.05 Å². The molecule has 19 heteroatoms. The molecule has 3 atom stereocenters. The Morgan fingerprint density at radius 3 is 1.81 bits per heavy atom. The number of amides is 7. The van der Waals surface area contributed by atoms with E-state index in [9.17, 15) is 38.4 Å². The van der Waals surface area contributed by atoms with Gasteiger partial charge in [-0.05, 0) is 25.7 Å². The number of ketones is 1. The number of carbonyl (C=O) groups is 8. The summed E-state index contributed by atoms with van der Waals surface area (Å²) in [6, 6.07) is -0.786. The van der Waals surface area contributed by atoms with Gasteiger partial charge in [0.1, 0.15) is 0 Å². The predicted octanol–water partition coefficient (Wildman–Crippen LogP) is -0.218. The molecule has 3 aliphatic heterocycles. The highest BCUT2D eigenvalue weighted by Gasteiger charge is 2.41. The number of carbonyl (C=O) groups excluding carboxylic acids is 8. The van der Waals surface area contributed by atoms with E-state index in [2.05, 4.69) is 16.0 Å². The summed E-state index contributed by atoms with van der Waals surface area (Å²) in [6.07, 6.45) is 2.09. The Morgan fingerprint density at radius 1 is 0.717 bits per heavy atom. The summed E-state index contributed by atoms with van der Waals surface area (Å²) < 4.78 is 21.8. The third-order valence-electron chi connectivity index (χ3n) is 8.61. The molecule has 0 aromatic carbocycles. The van der Waals surface area contributed by atoms with Gasteiger partial charge < -0.3 is 34.9 Å². The zero-order valence-corrected chi connectivity index (χ0v) is 32.0. The van der Waals surface area contributed by atoms with Crippen molar-refractivity contribution >= 4 is 70.7 Å². The summed E-state index contributed by atoms with van der Waals surface area (Å²) in [7, 11) is 1.57. The molecule has 3 aliphatic rings. The number of Topliss-reactive ketones (excluding diaryl/α,β-unsaturated/α-hetero) is 1. The lowest BCUT2D eigenvalue weighted by Crippen LogP contribution is -2.43. The molecule has 3 fully saturated rings. The van der Waals surface area contributed by atoms with Crippen molar-refractivity contribution in [1.82, 2.24) is 25.8 Å². The Kier molecular flexibility index (Phi) is 21.0. The fourth-order valence-corrected chi connectivity index (χ4v) is 8.30. The van der Waals surface area contributed by atoms with Crippen LogP contribution in [0.5, 0.6) is 0 Å². The number of fused-ring (bicyclic) bond motifs is 4. The number of ether oxygens (including phenoxy) is 4. The van der Waals surface area contributed by atoms with Crippen LogP contribution < -0.4 is 16.0 Å². The zero-order valence-electron chi connectivity index (χ0n) is 30.4. The largest absolute Gasteiger partial charge is 0.379 e. The summed E-state index contributed by atoms with van der Waals surface area (Å²) in [5, 5.41) is 7.15. The molecule has 3 rings (SSSR count). The predicted molar refractivity (Wildman–Crippen MR) is 195 cm³/mol. The summed E-state index contributed by atoms with van der Waals surface area (Å²) in [6.45, 7) is 3.07. The summed E-state index contributed by atoms with van der Waals surface area (Å²) in [5.41, 5.74) is 0. The molecule has 0 aromatic heterocycles. The quantitative estimate of drug-likeness (QED) is 0.128. The fraction of sp³-hybridized carbons (Fsp3) is 0.765. The van der Waals surface area contributed by atoms with Gasteiger partial charge in [-0.3, -0.25) is 48.2 Å². The second kappa shape index (κ2) is 25.1. The van der Waals surface area contributed by atoms with E-state index < -0.39 is 28.4 Å². The van der Waals surface area contributed by atoms with Crippen LogP contribution in [0.25, 0.3) is 0 Å². The van der Waals surface area contributed by atoms with Gasteiger partial charge in [-0.1, -0.05) is 0 Å². The van der Waals surface area contributed by atoms with Gasteiger partial charge in [0, 0.05) is 76.9 Å². The van der Waals surface area contributed by atoms with Crippen LogP contribution in [0, 0.1) is 0 Å². The number of rotatable bonds is 17. The van der Waals surface area contributed by atoms with Crippen molar-refractivity contribution < 1.29 is 57.3 Å². The van der Waals surface area contributed by atoms with E-state index in [-0.39, 0.29) is 80.5 Å². The topological polar surface area (TPSA) is 216 Å². The molecule has 3 heterocycles. The van der Waals surface area contributed by atoms with Gasteiger partial charge in [-0.15, -0.1) is 23.5 Å². The van der Waals surface area contributed by atoms with Crippen molar-refractivity contribution in [3.05, 3.63) is 0 Å². The van der Waals surface area contributed by atoms with Crippen LogP contribution in [0.15, 0.2) is 0 Å². The standard InChI is InChI=1S/C34H53N5O12S2/c1-35-28(41)9-14-49-16-18-51-20-19-50-17-15-48-13-4-6-25(40)24-5-2-3-10-36-29(42)7-11-38-31(44)21-26(33(38)46)52-23-53-27-22-32(45)39(34(27)47)12-8-30(43)37-24/h24,26-27H,2-23H2,1H3,(H,35,41)(H,36,42)(H,37,43). The Hall–Kier alpha value is -3.10. The second-order valence-electron chi connectivity index (χ2n) is 12.5. The lowest BCUT2D eigenvalue weighted by atomic mass is 10.0. The van der Waals surface area contributed by atoms with Crippen LogP contribution in [0.4, 0.5) is 0 Å². The molecule has 0 saturated carbocycles. The SMILES string of the molecule is CNC(=O)CCOCCOCCOCCOCCCC(=O)C1CCCCNC(=O)CCN2C(=O)CC(SCSC3CC(=O)N(CCC(=O)N1)C3=O)C2=O. The van der Waals surface area contributed by atoms with E-state index in [1.165, 1.54) is 23.5 Å². The molecular formula is C34H53N5O12S2. The number of nitrogens with one attached hydrogen (secondary N) is 3. The smallest absolute Gasteiger partial charge is 0.242 e. The van der Waals surface area contributed by atoms with E-state index in [4.69, 9.17) is 18.9 Å². The van der Waals surface area contributed by atoms with Crippen molar-refractivity contribution in [2.24, 2.45) is 0 Å². The fourth-order valence-electron chi connectivity index (χ4n) is 5.61. The van der Waals surface area contributed by atoms with Crippen LogP contribution in [-0.2, 0) is 57.3 Å². The lowest BCUT2D eigenvalue weighted by Gasteiger charge is -2.20. The van der Waals surface area contributed by atoms with E-state index >= 15 is 0 Å². The maximum atomic E-state index is 13.2. The molecule has 53 heavy (non-hydrogen) atoms. The Labute approximate surface area is 318 Å². The lowest BCUT2D eigenvalue weighted by molar-refractivity contribution is -0.140. The van der Waals surface area contributed by atoms with Crippen LogP contribution in [0.3, 0.4) is 0 Å². The van der Waals surface area contributed by atoms with Gasteiger partial charge in [-0.2, -0.15) is 0 Å². The number of hydrogen-bond donors (Lipinski definition) is 3. The van der Waals surface area contributed by atoms with E-state index in [0.29, 0.717) is 96.6 Å². The third kappa shape index (κ3) is 16.4. The van der Waals surface area contributed by atoms with Crippen molar-refractivity contribution in [3.63, 3.8) is 0 Å². The molecule has 7 amide bonds. The van der Waals surface area contributed by atoms with Gasteiger partial charge in [0.05, 0.1) is 62.8 Å². The first-order valence-electron chi connectivity index (χ1n) is 18.1. The Bertz CT molecular complexity index is 1270. The highest BCUT2D eigenvalue weighted by atomic mass is 32.2. The van der Waals surface area contributed by atoms with E-state index in [1.807, 2.05) is 0 Å². The van der Waals surface area contributed by atoms with Gasteiger partial charge in [-0.25, -0.2) is 0 Å². The Balaban J connectivity index is 1.39. The molecule has 3 unspecified atom stereocenters. The van der Waals surface area contributed by atoms with Crippen LogP contribution in [0.2, 0.25) is 0 Å². The summed E-state index contributed by atoms with van der Waals surface area (Å²) in [4.78, 5) is 103. The van der Waals surface area contributed by atoms with E-state index in [0.717, 1.165) is 9.80 Å². The Morgan fingerprint density at radius 2 is 1.25 bits per heavy atom. The second-order valence-corrected chi connectivity index (χ2v) is 15.3. The summed E-state index contributed by atoms with van der Waals surface area (Å²) >= 11 is 2.46. The number of imide groups is 2. The minimum Gasteiger partial charge on any atom is -0.379 e. The van der Waals surface area contributed by atoms with Gasteiger partial charge in [0.15, 0.2) is 5.78 Å². The van der Waals surface area contributed by atoms with Crippen LogP contribution in [0.1, 0.15) is 64.2 Å². The first-order chi connectivity index (χ1) is 25.6. The molecular weight excluding hydrogens is 735 g/mol. The molecule has 4 bridgehead atoms. The van der Waals surface area contributed by atoms with Crippen molar-refractivity contribution in [2.45, 2.75) is 80.7 Å². The highest BCUT2D eigenvalue weighted by molar-refractivity contribution is 8.17. The number of hydrogen-bond acceptors (Lipinski definition) is 14. The average Bonchev–Trinajstić information content (AvgIpc) is 3.56. The molecule has 3 saturated heterocycles. The zero-order chi connectivity index (χ0) is 38.4. The molecule has 0 radical (unpaired) electrons. The molecule has 3 N–H and O–H groups in total. The normalized spacial score (nSPS) is 22.6. The maximum Gasteiger partial charge on any atom is 0.242 e. The van der Waals surface area contributed by atoms with Crippen LogP contribution >= 0.6 is 23.5 Å². The minimum absolute atomic E-state index is 0.0194. The van der Waals surface area contributed by atoms with Crippen LogP contribution in [-0.4, -0.2) is 158 Å². The van der Waals surface area contributed by atoms with Gasteiger partial charge in [0.2, 0.25) is 41.4 Å². The molecule has 17 nitrogen and oxygen atoms in total. The monoisotopic (exact) mass is 787 g/mol. The number of thioether (sulfide) groups is 2.